The number of aromatic nitrogens is 3. The molecule has 2 N–H and O–H groups in total. The van der Waals surface area contributed by atoms with E-state index < -0.39 is 0 Å². The highest BCUT2D eigenvalue weighted by Crippen LogP contribution is 2.24. The molecule has 0 radical (unpaired) electrons. The molecule has 2 aromatic heterocycles. The normalized spacial score (nSPS) is 10.5. The van der Waals surface area contributed by atoms with E-state index in [0.29, 0.717) is 0 Å². The summed E-state index contributed by atoms with van der Waals surface area (Å²) in [5, 5.41) is 3.29. The molecule has 4 heteroatoms. The van der Waals surface area contributed by atoms with Crippen molar-refractivity contribution in [1.29, 1.82) is 0 Å². The zero-order valence-corrected chi connectivity index (χ0v) is 10.5. The van der Waals surface area contributed by atoms with E-state index >= 15 is 0 Å². The van der Waals surface area contributed by atoms with Gasteiger partial charge in [-0.3, -0.25) is 0 Å². The van der Waals surface area contributed by atoms with Crippen LogP contribution in [0, 0.1) is 6.92 Å². The number of hydrogen-bond acceptors (Lipinski definition) is 3. The van der Waals surface area contributed by atoms with Crippen molar-refractivity contribution in [2.45, 2.75) is 27.2 Å². The van der Waals surface area contributed by atoms with Crippen LogP contribution in [0.1, 0.15) is 25.2 Å². The molecule has 0 aliphatic rings. The van der Waals surface area contributed by atoms with Gasteiger partial charge in [-0.15, -0.1) is 0 Å². The SMILES string of the molecule is CCNc1nc(CC)nc(-c2ccc[nH]2)c1C. The third kappa shape index (κ3) is 2.30. The van der Waals surface area contributed by atoms with Gasteiger partial charge in [0.25, 0.3) is 0 Å². The molecular weight excluding hydrogens is 212 g/mol. The first-order valence-electron chi connectivity index (χ1n) is 6.01. The van der Waals surface area contributed by atoms with E-state index in [-0.39, 0.29) is 0 Å². The van der Waals surface area contributed by atoms with Gasteiger partial charge in [-0.1, -0.05) is 6.92 Å². The van der Waals surface area contributed by atoms with Gasteiger partial charge in [0.05, 0.1) is 11.4 Å². The van der Waals surface area contributed by atoms with Gasteiger partial charge in [-0.05, 0) is 26.0 Å². The molecule has 0 amide bonds. The van der Waals surface area contributed by atoms with Crippen molar-refractivity contribution in [3.05, 3.63) is 29.7 Å². The van der Waals surface area contributed by atoms with Gasteiger partial charge in [0.15, 0.2) is 0 Å². The van der Waals surface area contributed by atoms with E-state index in [4.69, 9.17) is 0 Å². The Morgan fingerprint density at radius 1 is 1.29 bits per heavy atom. The second kappa shape index (κ2) is 4.99. The van der Waals surface area contributed by atoms with Crippen LogP contribution in [0.15, 0.2) is 18.3 Å². The lowest BCUT2D eigenvalue weighted by Gasteiger charge is -2.11. The molecule has 2 rings (SSSR count). The second-order valence-corrected chi connectivity index (χ2v) is 3.93. The molecule has 0 spiro atoms. The first kappa shape index (κ1) is 11.6. The van der Waals surface area contributed by atoms with Crippen molar-refractivity contribution < 1.29 is 0 Å². The molecule has 17 heavy (non-hydrogen) atoms. The Labute approximate surface area is 102 Å². The monoisotopic (exact) mass is 230 g/mol. The summed E-state index contributed by atoms with van der Waals surface area (Å²) < 4.78 is 0. The standard InChI is InChI=1S/C13H18N4/c1-4-11-16-12(10-7-6-8-15-10)9(3)13(17-11)14-5-2/h6-8,15H,4-5H2,1-3H3,(H,14,16,17). The summed E-state index contributed by atoms with van der Waals surface area (Å²) in [6.07, 6.45) is 2.75. The van der Waals surface area contributed by atoms with E-state index in [9.17, 15) is 0 Å². The predicted molar refractivity (Wildman–Crippen MR) is 70.1 cm³/mol. The summed E-state index contributed by atoms with van der Waals surface area (Å²) in [5.41, 5.74) is 3.11. The van der Waals surface area contributed by atoms with Crippen LogP contribution in [0.4, 0.5) is 5.82 Å². The number of nitrogens with one attached hydrogen (secondary N) is 2. The minimum atomic E-state index is 0.840. The lowest BCUT2D eigenvalue weighted by Crippen LogP contribution is -2.07. The van der Waals surface area contributed by atoms with E-state index in [1.807, 2.05) is 25.3 Å². The van der Waals surface area contributed by atoms with Crippen LogP contribution < -0.4 is 5.32 Å². The highest BCUT2D eigenvalue weighted by Gasteiger charge is 2.11. The van der Waals surface area contributed by atoms with Crippen molar-refractivity contribution in [3.63, 3.8) is 0 Å². The van der Waals surface area contributed by atoms with Crippen LogP contribution in [-0.2, 0) is 6.42 Å². The minimum Gasteiger partial charge on any atom is -0.370 e. The average Bonchev–Trinajstić information content (AvgIpc) is 2.85. The maximum atomic E-state index is 4.59. The lowest BCUT2D eigenvalue weighted by molar-refractivity contribution is 0.928. The van der Waals surface area contributed by atoms with E-state index in [2.05, 4.69) is 34.1 Å². The number of rotatable bonds is 4. The van der Waals surface area contributed by atoms with Gasteiger partial charge in [-0.25, -0.2) is 9.97 Å². The summed E-state index contributed by atoms with van der Waals surface area (Å²) in [5.74, 6) is 1.81. The van der Waals surface area contributed by atoms with Crippen LogP contribution in [0.2, 0.25) is 0 Å². The van der Waals surface area contributed by atoms with Crippen molar-refractivity contribution in [2.75, 3.05) is 11.9 Å². The van der Waals surface area contributed by atoms with Crippen molar-refractivity contribution in [2.24, 2.45) is 0 Å². The number of nitrogens with zero attached hydrogens (tertiary/aromatic N) is 2. The highest BCUT2D eigenvalue weighted by molar-refractivity contribution is 5.65. The van der Waals surface area contributed by atoms with Gasteiger partial charge in [0.1, 0.15) is 11.6 Å². The molecule has 90 valence electrons. The largest absolute Gasteiger partial charge is 0.370 e. The lowest BCUT2D eigenvalue weighted by atomic mass is 10.1. The summed E-state index contributed by atoms with van der Waals surface area (Å²) >= 11 is 0. The molecular formula is C13H18N4. The van der Waals surface area contributed by atoms with Gasteiger partial charge in [0, 0.05) is 24.7 Å². The Morgan fingerprint density at radius 3 is 2.71 bits per heavy atom. The Balaban J connectivity index is 2.54. The van der Waals surface area contributed by atoms with E-state index in [1.165, 1.54) is 0 Å². The molecule has 0 bridgehead atoms. The van der Waals surface area contributed by atoms with E-state index in [0.717, 1.165) is 41.6 Å². The highest BCUT2D eigenvalue weighted by atomic mass is 15.0. The second-order valence-electron chi connectivity index (χ2n) is 3.93. The Bertz CT molecular complexity index is 488. The van der Waals surface area contributed by atoms with E-state index in [1.54, 1.807) is 0 Å². The molecule has 0 fully saturated rings. The quantitative estimate of drug-likeness (QED) is 0.849. The Hall–Kier alpha value is -1.84. The molecule has 0 aliphatic heterocycles. The molecule has 0 saturated carbocycles. The number of hydrogen-bond donors (Lipinski definition) is 2. The van der Waals surface area contributed by atoms with Crippen LogP contribution in [0.3, 0.4) is 0 Å². The number of aromatic amines is 1. The number of H-pyrrole nitrogens is 1. The molecule has 2 aromatic rings. The third-order valence-electron chi connectivity index (χ3n) is 2.71. The maximum Gasteiger partial charge on any atom is 0.133 e. The predicted octanol–water partition coefficient (Wildman–Crippen LogP) is 2.77. The number of anilines is 1. The van der Waals surface area contributed by atoms with Gasteiger partial charge < -0.3 is 10.3 Å². The van der Waals surface area contributed by atoms with Crippen molar-refractivity contribution in [1.82, 2.24) is 15.0 Å². The zero-order chi connectivity index (χ0) is 12.3. The molecule has 0 atom stereocenters. The summed E-state index contributed by atoms with van der Waals surface area (Å²) in [6, 6.07) is 4.01. The Morgan fingerprint density at radius 2 is 2.12 bits per heavy atom. The van der Waals surface area contributed by atoms with Crippen LogP contribution in [-0.4, -0.2) is 21.5 Å². The third-order valence-corrected chi connectivity index (χ3v) is 2.71. The first-order chi connectivity index (χ1) is 8.26. The van der Waals surface area contributed by atoms with Crippen LogP contribution >= 0.6 is 0 Å². The summed E-state index contributed by atoms with van der Waals surface area (Å²) in [4.78, 5) is 12.3. The summed E-state index contributed by atoms with van der Waals surface area (Å²) in [6.45, 7) is 7.05. The first-order valence-corrected chi connectivity index (χ1v) is 6.01. The van der Waals surface area contributed by atoms with Gasteiger partial charge >= 0.3 is 0 Å². The fourth-order valence-corrected chi connectivity index (χ4v) is 1.80. The smallest absolute Gasteiger partial charge is 0.133 e. The van der Waals surface area contributed by atoms with Gasteiger partial charge in [-0.2, -0.15) is 0 Å². The fourth-order valence-electron chi connectivity index (χ4n) is 1.80. The molecule has 0 aromatic carbocycles. The van der Waals surface area contributed by atoms with Crippen molar-refractivity contribution >= 4 is 5.82 Å². The Kier molecular flexibility index (Phi) is 3.42. The minimum absolute atomic E-state index is 0.840. The number of aryl methyl sites for hydroxylation is 1. The maximum absolute atomic E-state index is 4.59. The molecule has 4 nitrogen and oxygen atoms in total. The molecule has 0 unspecified atom stereocenters. The summed E-state index contributed by atoms with van der Waals surface area (Å²) in [7, 11) is 0. The van der Waals surface area contributed by atoms with Crippen molar-refractivity contribution in [3.8, 4) is 11.4 Å². The average molecular weight is 230 g/mol. The topological polar surface area (TPSA) is 53.6 Å². The van der Waals surface area contributed by atoms with Crippen LogP contribution in [0.5, 0.6) is 0 Å². The fraction of sp³-hybridized carbons (Fsp3) is 0.385. The molecule has 0 aliphatic carbocycles. The molecule has 2 heterocycles. The van der Waals surface area contributed by atoms with Crippen LogP contribution in [0.25, 0.3) is 11.4 Å². The molecule has 0 saturated heterocycles. The zero-order valence-electron chi connectivity index (χ0n) is 10.5. The van der Waals surface area contributed by atoms with Gasteiger partial charge in [0.2, 0.25) is 0 Å².